The number of carbonyl (C=O) groups is 11. The minimum absolute atomic E-state index is 0.0468. The number of imide groups is 1. The van der Waals surface area contributed by atoms with Crippen molar-refractivity contribution in [2.24, 2.45) is 17.1 Å². The topological polar surface area (TPSA) is 303 Å². The van der Waals surface area contributed by atoms with E-state index < -0.39 is 139 Å². The number of nitrogens with two attached hydrogens (primary N) is 1. The third-order valence-electron chi connectivity index (χ3n) is 10.9. The van der Waals surface area contributed by atoms with Crippen LogP contribution in [-0.2, 0) is 64.1 Å². The van der Waals surface area contributed by atoms with Crippen LogP contribution >= 0.6 is 0 Å². The molecule has 7 N–H and O–H groups in total. The summed E-state index contributed by atoms with van der Waals surface area (Å²) in [4.78, 5) is 144. The fourth-order valence-corrected chi connectivity index (χ4v) is 7.59. The Hall–Kier alpha value is -8.11. The predicted molar refractivity (Wildman–Crippen MR) is 246 cm³/mol. The number of carboxylic acids is 1. The molecule has 1 aromatic heterocycles. The Balaban J connectivity index is 1.48. The van der Waals surface area contributed by atoms with E-state index in [0.29, 0.717) is 10.8 Å². The maximum atomic E-state index is 15.2. The smallest absolute Gasteiger partial charge is 0.336 e. The molecule has 71 heavy (non-hydrogen) atoms. The van der Waals surface area contributed by atoms with Crippen LogP contribution in [0.3, 0.4) is 0 Å². The van der Waals surface area contributed by atoms with Crippen LogP contribution in [0.1, 0.15) is 84.0 Å². The summed E-state index contributed by atoms with van der Waals surface area (Å²) in [5.74, 6) is -12.1. The lowest BCUT2D eigenvalue weighted by Crippen LogP contribution is -2.56. The van der Waals surface area contributed by atoms with E-state index in [1.54, 1.807) is 55.8 Å². The number of nitrogens with zero attached hydrogens (tertiary/aromatic N) is 3. The van der Waals surface area contributed by atoms with Gasteiger partial charge in [0.2, 0.25) is 35.8 Å². The van der Waals surface area contributed by atoms with Gasteiger partial charge < -0.3 is 46.4 Å². The molecule has 3 aromatic rings. The zero-order chi connectivity index (χ0) is 52.7. The van der Waals surface area contributed by atoms with Gasteiger partial charge in [0.25, 0.3) is 17.7 Å². The fourth-order valence-electron chi connectivity index (χ4n) is 7.59. The van der Waals surface area contributed by atoms with Gasteiger partial charge in [-0.3, -0.25) is 47.9 Å². The van der Waals surface area contributed by atoms with Crippen molar-refractivity contribution >= 4 is 65.5 Å². The van der Waals surface area contributed by atoms with Gasteiger partial charge in [-0.05, 0) is 55.2 Å². The summed E-state index contributed by atoms with van der Waals surface area (Å²) in [6.07, 6.45) is 1.43. The highest BCUT2D eigenvalue weighted by molar-refractivity contribution is 6.23. The van der Waals surface area contributed by atoms with Gasteiger partial charge in [-0.1, -0.05) is 57.2 Å². The lowest BCUT2D eigenvalue weighted by Gasteiger charge is -2.41. The van der Waals surface area contributed by atoms with Gasteiger partial charge in [-0.15, -0.1) is 5.06 Å². The highest BCUT2D eigenvalue weighted by atomic mass is 19.1. The number of carbonyl (C=O) groups excluding carboxylic acids is 10. The number of hydrogen-bond acceptors (Lipinski definition) is 12. The molecular weight excluding hydrogens is 935 g/mol. The van der Waals surface area contributed by atoms with Crippen molar-refractivity contribution in [3.63, 3.8) is 0 Å². The van der Waals surface area contributed by atoms with E-state index in [2.05, 4.69) is 21.3 Å². The first-order valence-electron chi connectivity index (χ1n) is 22.3. The van der Waals surface area contributed by atoms with Crippen LogP contribution in [0, 0.1) is 23.0 Å². The highest BCUT2D eigenvalue weighted by Crippen LogP contribution is 2.41. The lowest BCUT2D eigenvalue weighted by molar-refractivity contribution is -0.196. The first-order valence-corrected chi connectivity index (χ1v) is 22.3. The molecule has 2 aromatic carbocycles. The Labute approximate surface area is 406 Å². The minimum atomic E-state index is -1.67. The number of benzene rings is 2. The van der Waals surface area contributed by atoms with Crippen molar-refractivity contribution in [2.45, 2.75) is 97.4 Å². The van der Waals surface area contributed by atoms with Crippen LogP contribution in [-0.4, -0.2) is 116 Å². The average molecular weight is 991 g/mol. The molecule has 21 nitrogen and oxygen atoms in total. The highest BCUT2D eigenvalue weighted by Gasteiger charge is 2.39. The summed E-state index contributed by atoms with van der Waals surface area (Å²) >= 11 is 0. The number of primary amides is 1. The standard InChI is InChI=1S/C48H56F2N8O13/c1-27(53-38(61)12-9-13-43(67)71-58-39(62)16-17-40(58)63)45(68)54-28(2)46(69)55-35(21-37(51)60)47(70)52-22-30(18-42(65)66)24-57(41(64)26-59)44(48(3,4)5)36-19-31(33-20-32(49)14-15-34(33)50)25-56(36)23-29-10-7-6-8-11-29/h6-12,14-15,19-20,25-28,30,35,44H,13,16-18,21-24H2,1-5H3,(H2,51,60)(H,52,70)(H,53,61)(H,54,68)(H,55,69)(H,65,66)/b12-9+/t27-,28?,30?,35-,44-/m0/s1. The van der Waals surface area contributed by atoms with Crippen LogP contribution in [0.15, 0.2) is 72.9 Å². The van der Waals surface area contributed by atoms with E-state index in [1.165, 1.54) is 13.8 Å². The number of aldehydes is 1. The molecule has 0 bridgehead atoms. The van der Waals surface area contributed by atoms with E-state index in [9.17, 15) is 62.2 Å². The average Bonchev–Trinajstić information content (AvgIpc) is 3.84. The summed E-state index contributed by atoms with van der Waals surface area (Å²) in [6.45, 7) is 6.99. The molecule has 0 saturated carbocycles. The Morgan fingerprint density at radius 3 is 2.11 bits per heavy atom. The maximum Gasteiger partial charge on any atom is 0.336 e. The molecule has 0 spiro atoms. The second-order valence-corrected chi connectivity index (χ2v) is 17.8. The molecule has 1 aliphatic rings. The zero-order valence-electron chi connectivity index (χ0n) is 39.6. The normalized spacial score (nSPS) is 14.7. The largest absolute Gasteiger partial charge is 0.481 e. The summed E-state index contributed by atoms with van der Waals surface area (Å²) in [6, 6.07) is 8.21. The Morgan fingerprint density at radius 1 is 0.873 bits per heavy atom. The van der Waals surface area contributed by atoms with E-state index >= 15 is 4.39 Å². The number of hydroxylamine groups is 2. The summed E-state index contributed by atoms with van der Waals surface area (Å²) in [7, 11) is 0. The third-order valence-corrected chi connectivity index (χ3v) is 10.9. The van der Waals surface area contributed by atoms with Crippen LogP contribution in [0.25, 0.3) is 11.1 Å². The SMILES string of the molecule is CC(NC(=O)[C@H](C)NC(=O)/C=C/CC(=O)ON1C(=O)CCC1=O)C(=O)N[C@@H](CC(N)=O)C(=O)NCC(CC(=O)O)CN(C(=O)C=O)[C@@H](c1cc(-c2cc(F)ccc2F)cn1Cc1ccccc1)C(C)(C)C. The molecule has 2 unspecified atom stereocenters. The van der Waals surface area contributed by atoms with Crippen LogP contribution in [0.2, 0.25) is 0 Å². The van der Waals surface area contributed by atoms with Crippen molar-refractivity contribution < 1.29 is 71.5 Å². The quantitative estimate of drug-likeness (QED) is 0.0323. The summed E-state index contributed by atoms with van der Waals surface area (Å²) in [5.41, 5.74) is 5.79. The lowest BCUT2D eigenvalue weighted by atomic mass is 9.82. The number of aromatic nitrogens is 1. The summed E-state index contributed by atoms with van der Waals surface area (Å²) < 4.78 is 31.4. The van der Waals surface area contributed by atoms with Crippen molar-refractivity contribution in [3.05, 3.63) is 95.8 Å². The van der Waals surface area contributed by atoms with Crippen molar-refractivity contribution in [1.82, 2.24) is 35.8 Å². The van der Waals surface area contributed by atoms with Crippen molar-refractivity contribution in [3.8, 4) is 11.1 Å². The number of carboxylic acid groups (broad SMARTS) is 1. The molecule has 5 atom stereocenters. The van der Waals surface area contributed by atoms with Crippen LogP contribution in [0.5, 0.6) is 0 Å². The first-order chi connectivity index (χ1) is 33.4. The summed E-state index contributed by atoms with van der Waals surface area (Å²) in [5, 5.41) is 19.8. The molecule has 2 heterocycles. The predicted octanol–water partition coefficient (Wildman–Crippen LogP) is 1.73. The molecule has 4 rings (SSSR count). The molecular formula is C48H56F2N8O13. The number of amides is 8. The van der Waals surface area contributed by atoms with Crippen molar-refractivity contribution in [2.75, 3.05) is 13.1 Å². The second kappa shape index (κ2) is 25.0. The second-order valence-electron chi connectivity index (χ2n) is 17.8. The number of halogens is 2. The van der Waals surface area contributed by atoms with Crippen molar-refractivity contribution in [1.29, 1.82) is 0 Å². The monoisotopic (exact) mass is 990 g/mol. The first kappa shape index (κ1) is 55.5. The number of nitrogens with one attached hydrogen (secondary N) is 4. The van der Waals surface area contributed by atoms with Gasteiger partial charge in [-0.2, -0.15) is 0 Å². The van der Waals surface area contributed by atoms with E-state index in [4.69, 9.17) is 10.6 Å². The molecule has 1 saturated heterocycles. The molecule has 0 radical (unpaired) electrons. The Morgan fingerprint density at radius 2 is 1.51 bits per heavy atom. The van der Waals surface area contributed by atoms with Gasteiger partial charge in [0.15, 0.2) is 0 Å². The minimum Gasteiger partial charge on any atom is -0.481 e. The van der Waals surface area contributed by atoms with Crippen LogP contribution < -0.4 is 27.0 Å². The van der Waals surface area contributed by atoms with E-state index in [0.717, 1.165) is 40.8 Å². The zero-order valence-corrected chi connectivity index (χ0v) is 39.6. The van der Waals surface area contributed by atoms with Gasteiger partial charge in [-0.25, -0.2) is 13.6 Å². The number of rotatable bonds is 24. The molecule has 8 amide bonds. The maximum absolute atomic E-state index is 15.2. The van der Waals surface area contributed by atoms with Gasteiger partial charge in [0.05, 0.1) is 25.3 Å². The number of hydrogen-bond donors (Lipinski definition) is 6. The van der Waals surface area contributed by atoms with Gasteiger partial charge in [0.1, 0.15) is 29.8 Å². The molecule has 380 valence electrons. The molecule has 23 heteroatoms. The Bertz CT molecular complexity index is 2540. The van der Waals surface area contributed by atoms with E-state index in [1.807, 2.05) is 12.1 Å². The molecule has 0 aliphatic carbocycles. The fraction of sp³-hybridized carbons (Fsp3) is 0.396. The molecule has 1 aliphatic heterocycles. The molecule has 1 fully saturated rings. The Kier molecular flexibility index (Phi) is 19.5. The number of aliphatic carboxylic acids is 1. The third kappa shape index (κ3) is 16.2. The van der Waals surface area contributed by atoms with Gasteiger partial charge >= 0.3 is 11.9 Å². The van der Waals surface area contributed by atoms with Crippen LogP contribution in [0.4, 0.5) is 8.78 Å². The van der Waals surface area contributed by atoms with E-state index in [-0.39, 0.29) is 36.8 Å². The van der Waals surface area contributed by atoms with Gasteiger partial charge in [0, 0.05) is 61.4 Å².